The van der Waals surface area contributed by atoms with E-state index in [1.807, 2.05) is 42.5 Å². The Kier molecular flexibility index (Phi) is 6.81. The molecule has 0 radical (unpaired) electrons. The molecule has 0 unspecified atom stereocenters. The van der Waals surface area contributed by atoms with Crippen LogP contribution in [-0.4, -0.2) is 18.0 Å². The Morgan fingerprint density at radius 2 is 1.97 bits per heavy atom. The maximum absolute atomic E-state index is 12.7. The van der Waals surface area contributed by atoms with Crippen molar-refractivity contribution in [2.45, 2.75) is 0 Å². The van der Waals surface area contributed by atoms with Gasteiger partial charge in [0.25, 0.3) is 0 Å². The normalized spacial score (nSPS) is 11.2. The van der Waals surface area contributed by atoms with Crippen molar-refractivity contribution in [2.75, 3.05) is 12.4 Å². The van der Waals surface area contributed by atoms with Crippen molar-refractivity contribution < 1.29 is 9.53 Å². The third kappa shape index (κ3) is 5.03. The fourth-order valence-electron chi connectivity index (χ4n) is 3.05. The minimum atomic E-state index is -0.290. The summed E-state index contributed by atoms with van der Waals surface area (Å²) in [6, 6.07) is 17.1. The lowest BCUT2D eigenvalue weighted by atomic mass is 10.1. The molecule has 3 aromatic carbocycles. The Bertz CT molecular complexity index is 1290. The van der Waals surface area contributed by atoms with E-state index in [9.17, 15) is 4.79 Å². The van der Waals surface area contributed by atoms with Gasteiger partial charge in [-0.2, -0.15) is 0 Å². The predicted molar refractivity (Wildman–Crippen MR) is 138 cm³/mol. The van der Waals surface area contributed by atoms with Crippen molar-refractivity contribution in [3.05, 3.63) is 79.9 Å². The fraction of sp³-hybridized carbons (Fsp3) is 0.0435. The largest absolute Gasteiger partial charge is 0.495 e. The van der Waals surface area contributed by atoms with Gasteiger partial charge in [0.1, 0.15) is 10.8 Å². The van der Waals surface area contributed by atoms with Gasteiger partial charge < -0.3 is 10.1 Å². The maximum atomic E-state index is 12.7. The minimum absolute atomic E-state index is 0.290. The van der Waals surface area contributed by atoms with Crippen LogP contribution >= 0.6 is 57.1 Å². The molecule has 0 saturated carbocycles. The Labute approximate surface area is 207 Å². The summed E-state index contributed by atoms with van der Waals surface area (Å²) in [4.78, 5) is 17.4. The van der Waals surface area contributed by atoms with Gasteiger partial charge in [0.2, 0.25) is 5.91 Å². The Hall–Kier alpha value is -2.13. The van der Waals surface area contributed by atoms with E-state index in [2.05, 4.69) is 27.9 Å². The van der Waals surface area contributed by atoms with Crippen LogP contribution in [0.2, 0.25) is 10.0 Å². The SMILES string of the molecule is COc1c(Cl)cc(Cl)cc1C=CC(=O)Nc1ccc(I)cc1-c1nc2ccccc2s1. The molecule has 0 aliphatic rings. The number of hydrogen-bond acceptors (Lipinski definition) is 4. The molecule has 0 spiro atoms. The number of amides is 1. The summed E-state index contributed by atoms with van der Waals surface area (Å²) in [5.74, 6) is 0.168. The molecule has 0 fully saturated rings. The summed E-state index contributed by atoms with van der Waals surface area (Å²) in [6.45, 7) is 0. The molecular weight excluding hydrogens is 566 g/mol. The zero-order valence-electron chi connectivity index (χ0n) is 16.2. The second-order valence-corrected chi connectivity index (χ2v) is 9.63. The second kappa shape index (κ2) is 9.56. The van der Waals surface area contributed by atoms with Crippen molar-refractivity contribution in [2.24, 2.45) is 0 Å². The molecule has 0 atom stereocenters. The first kappa shape index (κ1) is 22.1. The molecule has 1 amide bonds. The van der Waals surface area contributed by atoms with Crippen molar-refractivity contribution in [1.82, 2.24) is 4.98 Å². The number of carbonyl (C=O) groups is 1. The minimum Gasteiger partial charge on any atom is -0.495 e. The number of halogens is 3. The number of carbonyl (C=O) groups excluding carboxylic acids is 1. The van der Waals surface area contributed by atoms with Crippen LogP contribution in [0.5, 0.6) is 5.75 Å². The molecule has 4 aromatic rings. The van der Waals surface area contributed by atoms with Gasteiger partial charge in [-0.25, -0.2) is 4.98 Å². The summed E-state index contributed by atoms with van der Waals surface area (Å²) in [7, 11) is 1.52. The Morgan fingerprint density at radius 3 is 2.74 bits per heavy atom. The highest BCUT2D eigenvalue weighted by molar-refractivity contribution is 14.1. The number of thiazole rings is 1. The van der Waals surface area contributed by atoms with Crippen molar-refractivity contribution in [3.8, 4) is 16.3 Å². The van der Waals surface area contributed by atoms with E-state index in [4.69, 9.17) is 32.9 Å². The molecule has 31 heavy (non-hydrogen) atoms. The van der Waals surface area contributed by atoms with E-state index in [1.165, 1.54) is 13.2 Å². The lowest BCUT2D eigenvalue weighted by Gasteiger charge is -2.09. The van der Waals surface area contributed by atoms with Crippen LogP contribution in [0.1, 0.15) is 5.56 Å². The molecule has 8 heteroatoms. The van der Waals surface area contributed by atoms with Crippen LogP contribution in [0.25, 0.3) is 26.9 Å². The molecule has 1 heterocycles. The molecule has 1 aromatic heterocycles. The number of nitrogens with zero attached hydrogens (tertiary/aromatic N) is 1. The number of para-hydroxylation sites is 1. The second-order valence-electron chi connectivity index (χ2n) is 6.51. The topological polar surface area (TPSA) is 51.2 Å². The van der Waals surface area contributed by atoms with Crippen molar-refractivity contribution in [3.63, 3.8) is 0 Å². The van der Waals surface area contributed by atoms with Gasteiger partial charge in [0.15, 0.2) is 0 Å². The summed E-state index contributed by atoms with van der Waals surface area (Å²) in [6.07, 6.45) is 3.04. The van der Waals surface area contributed by atoms with Crippen LogP contribution in [0.4, 0.5) is 5.69 Å². The summed E-state index contributed by atoms with van der Waals surface area (Å²) >= 11 is 16.1. The number of hydrogen-bond donors (Lipinski definition) is 1. The highest BCUT2D eigenvalue weighted by Gasteiger charge is 2.13. The summed E-state index contributed by atoms with van der Waals surface area (Å²) in [5, 5.41) is 4.64. The molecule has 0 bridgehead atoms. The Morgan fingerprint density at radius 1 is 1.16 bits per heavy atom. The van der Waals surface area contributed by atoms with Gasteiger partial charge >= 0.3 is 0 Å². The average molecular weight is 581 g/mol. The van der Waals surface area contributed by atoms with E-state index in [-0.39, 0.29) is 5.91 Å². The standard InChI is InChI=1S/C23H15Cl2IN2O2S/c1-30-22-13(10-14(24)11-17(22)25)6-9-21(29)27-18-8-7-15(26)12-16(18)23-28-19-4-2-3-5-20(19)31-23/h2-12H,1H3,(H,27,29). The number of anilines is 1. The third-order valence-corrected chi connectivity index (χ3v) is 6.66. The van der Waals surface area contributed by atoms with Gasteiger partial charge in [-0.3, -0.25) is 4.79 Å². The van der Waals surface area contributed by atoms with Gasteiger partial charge in [0.05, 0.1) is 28.0 Å². The number of ether oxygens (including phenoxy) is 1. The first-order valence-corrected chi connectivity index (χ1v) is 11.8. The molecule has 0 aliphatic heterocycles. The molecule has 0 aliphatic carbocycles. The van der Waals surface area contributed by atoms with Crippen LogP contribution in [0.15, 0.2) is 60.7 Å². The molecule has 0 saturated heterocycles. The van der Waals surface area contributed by atoms with E-state index >= 15 is 0 Å². The quantitative estimate of drug-likeness (QED) is 0.196. The smallest absolute Gasteiger partial charge is 0.248 e. The predicted octanol–water partition coefficient (Wildman–Crippen LogP) is 7.54. The van der Waals surface area contributed by atoms with Crippen molar-refractivity contribution in [1.29, 1.82) is 0 Å². The Balaban J connectivity index is 1.63. The van der Waals surface area contributed by atoms with Gasteiger partial charge in [0, 0.05) is 25.8 Å². The van der Waals surface area contributed by atoms with Crippen LogP contribution < -0.4 is 10.1 Å². The van der Waals surface area contributed by atoms with Gasteiger partial charge in [-0.05, 0) is 71.1 Å². The molecule has 156 valence electrons. The van der Waals surface area contributed by atoms with E-state index in [1.54, 1.807) is 29.5 Å². The zero-order chi connectivity index (χ0) is 22.0. The van der Waals surface area contributed by atoms with E-state index < -0.39 is 0 Å². The first-order chi connectivity index (χ1) is 14.9. The summed E-state index contributed by atoms with van der Waals surface area (Å²) < 4.78 is 7.47. The summed E-state index contributed by atoms with van der Waals surface area (Å²) in [5.41, 5.74) is 3.11. The lowest BCUT2D eigenvalue weighted by Crippen LogP contribution is -2.09. The zero-order valence-corrected chi connectivity index (χ0v) is 20.6. The van der Waals surface area contributed by atoms with Crippen LogP contribution in [0, 0.1) is 3.57 Å². The first-order valence-electron chi connectivity index (χ1n) is 9.12. The lowest BCUT2D eigenvalue weighted by molar-refractivity contribution is -0.111. The van der Waals surface area contributed by atoms with Crippen LogP contribution in [-0.2, 0) is 4.79 Å². The number of benzene rings is 3. The molecule has 4 nitrogen and oxygen atoms in total. The van der Waals surface area contributed by atoms with E-state index in [0.717, 1.165) is 24.4 Å². The van der Waals surface area contributed by atoms with E-state index in [0.29, 0.717) is 27.0 Å². The number of fused-ring (bicyclic) bond motifs is 1. The fourth-order valence-corrected chi connectivity index (χ4v) is 5.12. The number of nitrogens with one attached hydrogen (secondary N) is 1. The number of aromatic nitrogens is 1. The van der Waals surface area contributed by atoms with Crippen molar-refractivity contribution >= 4 is 85.0 Å². The average Bonchev–Trinajstić information content (AvgIpc) is 3.17. The molecular formula is C23H15Cl2IN2O2S. The molecule has 1 N–H and O–H groups in total. The monoisotopic (exact) mass is 580 g/mol. The van der Waals surface area contributed by atoms with Gasteiger partial charge in [-0.15, -0.1) is 11.3 Å². The maximum Gasteiger partial charge on any atom is 0.248 e. The number of rotatable bonds is 5. The third-order valence-electron chi connectivity index (χ3n) is 4.42. The number of methoxy groups -OCH3 is 1. The highest BCUT2D eigenvalue weighted by atomic mass is 127. The van der Waals surface area contributed by atoms with Crippen LogP contribution in [0.3, 0.4) is 0 Å². The van der Waals surface area contributed by atoms with Gasteiger partial charge in [-0.1, -0.05) is 35.3 Å². The highest BCUT2D eigenvalue weighted by Crippen LogP contribution is 2.36. The molecule has 4 rings (SSSR count).